The van der Waals surface area contributed by atoms with Gasteiger partial charge in [-0.05, 0) is 6.42 Å². The molecule has 1 atom stereocenters. The number of carboxylic acids is 1. The van der Waals surface area contributed by atoms with Gasteiger partial charge in [0.15, 0.2) is 6.10 Å². The summed E-state index contributed by atoms with van der Waals surface area (Å²) >= 11 is 0. The number of unbranched alkanes of at least 4 members (excludes halogenated alkanes) is 9. The lowest BCUT2D eigenvalue weighted by molar-refractivity contribution is -0.277. The third-order valence-electron chi connectivity index (χ3n) is 3.22. The van der Waals surface area contributed by atoms with Gasteiger partial charge in [0, 0.05) is 0 Å². The van der Waals surface area contributed by atoms with Crippen LogP contribution in [0.1, 0.15) is 77.6 Å². The van der Waals surface area contributed by atoms with Crippen LogP contribution in [0, 0.1) is 0 Å². The third kappa shape index (κ3) is 10.5. The molecule has 4 heteroatoms. The molecule has 0 bridgehead atoms. The SMILES string of the molecule is CCCCCCCCCCCC[C@@H](OO)C(=O)O. The molecule has 0 aliphatic heterocycles. The fourth-order valence-electron chi connectivity index (χ4n) is 2.04. The summed E-state index contributed by atoms with van der Waals surface area (Å²) in [5.74, 6) is -1.09. The molecule has 0 spiro atoms. The first-order valence-corrected chi connectivity index (χ1v) is 7.25. The largest absolute Gasteiger partial charge is 0.479 e. The predicted octanol–water partition coefficient (Wildman–Crippen LogP) is 4.24. The Morgan fingerprint density at radius 1 is 0.944 bits per heavy atom. The van der Waals surface area contributed by atoms with Crippen molar-refractivity contribution < 1.29 is 20.0 Å². The van der Waals surface area contributed by atoms with Gasteiger partial charge in [-0.3, -0.25) is 5.26 Å². The molecule has 0 saturated heterocycles. The van der Waals surface area contributed by atoms with Crippen molar-refractivity contribution in [1.82, 2.24) is 0 Å². The molecule has 0 aromatic heterocycles. The van der Waals surface area contributed by atoms with E-state index in [1.54, 1.807) is 0 Å². The van der Waals surface area contributed by atoms with Gasteiger partial charge in [-0.15, -0.1) is 0 Å². The van der Waals surface area contributed by atoms with Crippen LogP contribution in [0.2, 0.25) is 0 Å². The molecule has 18 heavy (non-hydrogen) atoms. The highest BCUT2D eigenvalue weighted by atomic mass is 17.1. The van der Waals surface area contributed by atoms with Crippen molar-refractivity contribution in [2.45, 2.75) is 83.7 Å². The predicted molar refractivity (Wildman–Crippen MR) is 71.6 cm³/mol. The van der Waals surface area contributed by atoms with Gasteiger partial charge < -0.3 is 5.11 Å². The Kier molecular flexibility index (Phi) is 12.4. The summed E-state index contributed by atoms with van der Waals surface area (Å²) in [6.45, 7) is 2.22. The van der Waals surface area contributed by atoms with Crippen molar-refractivity contribution in [3.05, 3.63) is 0 Å². The van der Waals surface area contributed by atoms with E-state index in [9.17, 15) is 4.79 Å². The van der Waals surface area contributed by atoms with E-state index in [0.29, 0.717) is 6.42 Å². The Morgan fingerprint density at radius 3 is 1.78 bits per heavy atom. The van der Waals surface area contributed by atoms with Crippen LogP contribution in [0.4, 0.5) is 0 Å². The first-order chi connectivity index (χ1) is 8.72. The number of rotatable bonds is 13. The van der Waals surface area contributed by atoms with Crippen molar-refractivity contribution in [2.75, 3.05) is 0 Å². The molecule has 0 heterocycles. The Labute approximate surface area is 110 Å². The molecule has 4 nitrogen and oxygen atoms in total. The lowest BCUT2D eigenvalue weighted by Crippen LogP contribution is -2.22. The normalized spacial score (nSPS) is 12.6. The molecular formula is C14H28O4. The lowest BCUT2D eigenvalue weighted by Gasteiger charge is -2.07. The molecule has 0 fully saturated rings. The van der Waals surface area contributed by atoms with Gasteiger partial charge in [-0.1, -0.05) is 71.1 Å². The lowest BCUT2D eigenvalue weighted by atomic mass is 10.0. The van der Waals surface area contributed by atoms with Gasteiger partial charge in [0.2, 0.25) is 0 Å². The Bertz CT molecular complexity index is 194. The summed E-state index contributed by atoms with van der Waals surface area (Å²) in [6.07, 6.45) is 11.4. The second kappa shape index (κ2) is 12.8. The number of hydrogen-bond acceptors (Lipinski definition) is 3. The minimum absolute atomic E-state index is 0.391. The van der Waals surface area contributed by atoms with E-state index in [-0.39, 0.29) is 0 Å². The zero-order chi connectivity index (χ0) is 13.6. The van der Waals surface area contributed by atoms with E-state index < -0.39 is 12.1 Å². The van der Waals surface area contributed by atoms with Gasteiger partial charge in [-0.2, -0.15) is 0 Å². The molecule has 2 N–H and O–H groups in total. The monoisotopic (exact) mass is 260 g/mol. The molecular weight excluding hydrogens is 232 g/mol. The third-order valence-corrected chi connectivity index (χ3v) is 3.22. The molecule has 108 valence electrons. The van der Waals surface area contributed by atoms with Crippen LogP contribution in [0.5, 0.6) is 0 Å². The number of hydrogen-bond donors (Lipinski definition) is 2. The molecule has 0 radical (unpaired) electrons. The van der Waals surface area contributed by atoms with E-state index in [0.717, 1.165) is 19.3 Å². The topological polar surface area (TPSA) is 66.8 Å². The van der Waals surface area contributed by atoms with Crippen LogP contribution in [-0.4, -0.2) is 22.4 Å². The maximum atomic E-state index is 10.5. The summed E-state index contributed by atoms with van der Waals surface area (Å²) in [4.78, 5) is 14.4. The smallest absolute Gasteiger partial charge is 0.336 e. The van der Waals surface area contributed by atoms with Crippen molar-refractivity contribution in [1.29, 1.82) is 0 Å². The Hall–Kier alpha value is -0.610. The van der Waals surface area contributed by atoms with Gasteiger partial charge >= 0.3 is 5.97 Å². The molecule has 0 aromatic rings. The van der Waals surface area contributed by atoms with Crippen LogP contribution in [0.3, 0.4) is 0 Å². The second-order valence-electron chi connectivity index (χ2n) is 4.90. The van der Waals surface area contributed by atoms with Crippen LogP contribution in [0.25, 0.3) is 0 Å². The molecule has 0 aliphatic rings. The van der Waals surface area contributed by atoms with Gasteiger partial charge in [-0.25, -0.2) is 9.68 Å². The fourth-order valence-corrected chi connectivity index (χ4v) is 2.04. The first-order valence-electron chi connectivity index (χ1n) is 7.25. The van der Waals surface area contributed by atoms with Gasteiger partial charge in [0.1, 0.15) is 0 Å². The minimum Gasteiger partial charge on any atom is -0.479 e. The van der Waals surface area contributed by atoms with E-state index >= 15 is 0 Å². The van der Waals surface area contributed by atoms with Crippen molar-refractivity contribution >= 4 is 5.97 Å². The van der Waals surface area contributed by atoms with Crippen LogP contribution in [-0.2, 0) is 9.68 Å². The summed E-state index contributed by atoms with van der Waals surface area (Å²) in [5, 5.41) is 17.0. The molecule has 0 unspecified atom stereocenters. The molecule has 0 amide bonds. The van der Waals surface area contributed by atoms with Gasteiger partial charge in [0.25, 0.3) is 0 Å². The molecule has 0 aromatic carbocycles. The highest BCUT2D eigenvalue weighted by Gasteiger charge is 2.16. The molecule has 0 rings (SSSR count). The van der Waals surface area contributed by atoms with Crippen LogP contribution >= 0.6 is 0 Å². The average Bonchev–Trinajstić information content (AvgIpc) is 2.35. The zero-order valence-corrected chi connectivity index (χ0v) is 11.6. The van der Waals surface area contributed by atoms with Gasteiger partial charge in [0.05, 0.1) is 0 Å². The Morgan fingerprint density at radius 2 is 1.39 bits per heavy atom. The summed E-state index contributed by atoms with van der Waals surface area (Å²) in [6, 6.07) is 0. The Balaban J connectivity index is 3.18. The highest BCUT2D eigenvalue weighted by molar-refractivity contribution is 5.72. The van der Waals surface area contributed by atoms with Crippen LogP contribution < -0.4 is 0 Å². The van der Waals surface area contributed by atoms with E-state index in [4.69, 9.17) is 10.4 Å². The van der Waals surface area contributed by atoms with E-state index in [2.05, 4.69) is 11.8 Å². The molecule has 0 saturated carbocycles. The number of carboxylic acid groups (broad SMARTS) is 1. The fraction of sp³-hybridized carbons (Fsp3) is 0.929. The van der Waals surface area contributed by atoms with E-state index in [1.807, 2.05) is 0 Å². The van der Waals surface area contributed by atoms with Crippen molar-refractivity contribution in [3.8, 4) is 0 Å². The second-order valence-corrected chi connectivity index (χ2v) is 4.90. The summed E-state index contributed by atoms with van der Waals surface area (Å²) in [7, 11) is 0. The minimum atomic E-state index is -1.09. The zero-order valence-electron chi connectivity index (χ0n) is 11.6. The van der Waals surface area contributed by atoms with E-state index in [1.165, 1.54) is 44.9 Å². The van der Waals surface area contributed by atoms with Crippen molar-refractivity contribution in [2.24, 2.45) is 0 Å². The highest BCUT2D eigenvalue weighted by Crippen LogP contribution is 2.12. The standard InChI is InChI=1S/C14H28O4/c1-2-3-4-5-6-7-8-9-10-11-12-13(18-17)14(15)16/h13,17H,2-12H2,1H3,(H,15,16)/t13-/m1/s1. The molecule has 0 aliphatic carbocycles. The summed E-state index contributed by atoms with van der Waals surface area (Å²) in [5.41, 5.74) is 0. The first kappa shape index (κ1) is 17.4. The van der Waals surface area contributed by atoms with Crippen molar-refractivity contribution in [3.63, 3.8) is 0 Å². The average molecular weight is 260 g/mol. The maximum absolute atomic E-state index is 10.5. The summed E-state index contributed by atoms with van der Waals surface area (Å²) < 4.78 is 0. The quantitative estimate of drug-likeness (QED) is 0.295. The number of aliphatic carboxylic acids is 1. The number of carbonyl (C=O) groups is 1. The maximum Gasteiger partial charge on any atom is 0.336 e. The van der Waals surface area contributed by atoms with Crippen LogP contribution in [0.15, 0.2) is 0 Å².